The summed E-state index contributed by atoms with van der Waals surface area (Å²) in [4.78, 5) is 15.5. The van der Waals surface area contributed by atoms with E-state index < -0.39 is 21.5 Å². The minimum Gasteiger partial charge on any atom is -0.480 e. The molecule has 0 radical (unpaired) electrons. The van der Waals surface area contributed by atoms with Crippen LogP contribution in [0.1, 0.15) is 19.5 Å². The van der Waals surface area contributed by atoms with Gasteiger partial charge in [-0.1, -0.05) is 24.3 Å². The Balaban J connectivity index is 2.27. The largest absolute Gasteiger partial charge is 0.480 e. The quantitative estimate of drug-likeness (QED) is 0.931. The lowest BCUT2D eigenvalue weighted by molar-refractivity contribution is -0.139. The molecule has 0 amide bonds. The zero-order valence-corrected chi connectivity index (χ0v) is 11.6. The summed E-state index contributed by atoms with van der Waals surface area (Å²) in [7, 11) is -1.52. The van der Waals surface area contributed by atoms with E-state index in [1.54, 1.807) is 6.07 Å². The Kier molecular flexibility index (Phi) is 3.66. The first kappa shape index (κ1) is 13.7. The van der Waals surface area contributed by atoms with Gasteiger partial charge in [0.05, 0.1) is 17.0 Å². The van der Waals surface area contributed by atoms with E-state index in [1.807, 2.05) is 30.3 Å². The average Bonchev–Trinajstić information content (AvgIpc) is 2.38. The van der Waals surface area contributed by atoms with E-state index in [9.17, 15) is 9.00 Å². The second-order valence-corrected chi connectivity index (χ2v) is 6.80. The predicted molar refractivity (Wildman–Crippen MR) is 75.3 cm³/mol. The highest BCUT2D eigenvalue weighted by Crippen LogP contribution is 2.18. The van der Waals surface area contributed by atoms with Crippen LogP contribution in [-0.2, 0) is 21.3 Å². The van der Waals surface area contributed by atoms with Crippen LogP contribution in [0.25, 0.3) is 10.9 Å². The monoisotopic (exact) mass is 277 g/mol. The molecule has 4 nitrogen and oxygen atoms in total. The fraction of sp³-hybridized carbons (Fsp3) is 0.286. The molecule has 0 aliphatic rings. The second kappa shape index (κ2) is 5.09. The van der Waals surface area contributed by atoms with Gasteiger partial charge in [-0.2, -0.15) is 0 Å². The summed E-state index contributed by atoms with van der Waals surface area (Å²) < 4.78 is 10.8. The zero-order valence-electron chi connectivity index (χ0n) is 10.8. The maximum Gasteiger partial charge on any atom is 0.321 e. The van der Waals surface area contributed by atoms with Crippen LogP contribution in [0.2, 0.25) is 0 Å². The second-order valence-electron chi connectivity index (χ2n) is 4.80. The SMILES string of the molecule is CC(C)(C(=O)O)S(=O)Cc1ccc2ccccc2n1. The van der Waals surface area contributed by atoms with Gasteiger partial charge in [-0.3, -0.25) is 14.0 Å². The molecule has 1 aromatic heterocycles. The number of aliphatic carboxylic acids is 1. The lowest BCUT2D eigenvalue weighted by Gasteiger charge is -2.18. The number of benzene rings is 1. The standard InChI is InChI=1S/C14H15NO3S/c1-14(2,13(16)17)19(18)9-11-8-7-10-5-3-4-6-12(10)15-11/h3-8H,9H2,1-2H3,(H,16,17). The fourth-order valence-electron chi connectivity index (χ4n) is 1.60. The van der Waals surface area contributed by atoms with Gasteiger partial charge in [-0.25, -0.2) is 0 Å². The van der Waals surface area contributed by atoms with Gasteiger partial charge in [0.2, 0.25) is 0 Å². The van der Waals surface area contributed by atoms with Gasteiger partial charge >= 0.3 is 5.97 Å². The number of carboxylic acids is 1. The van der Waals surface area contributed by atoms with Crippen LogP contribution in [0.5, 0.6) is 0 Å². The first-order valence-electron chi connectivity index (χ1n) is 5.88. The number of hydrogen-bond acceptors (Lipinski definition) is 3. The van der Waals surface area contributed by atoms with Crippen LogP contribution in [0.15, 0.2) is 36.4 Å². The summed E-state index contributed by atoms with van der Waals surface area (Å²) in [6.07, 6.45) is 0. The number of pyridine rings is 1. The molecule has 1 atom stereocenters. The van der Waals surface area contributed by atoms with Crippen LogP contribution in [0.3, 0.4) is 0 Å². The fourth-order valence-corrected chi connectivity index (χ4v) is 2.59. The van der Waals surface area contributed by atoms with Gasteiger partial charge in [0, 0.05) is 16.2 Å². The van der Waals surface area contributed by atoms with Crippen molar-refractivity contribution in [2.75, 3.05) is 0 Å². The maximum atomic E-state index is 12.1. The molecule has 2 aromatic rings. The highest BCUT2D eigenvalue weighted by molar-refractivity contribution is 7.86. The first-order valence-corrected chi connectivity index (χ1v) is 7.19. The maximum absolute atomic E-state index is 12.1. The molecular weight excluding hydrogens is 262 g/mol. The van der Waals surface area contributed by atoms with Crippen molar-refractivity contribution in [1.29, 1.82) is 0 Å². The Morgan fingerprint density at radius 3 is 2.63 bits per heavy atom. The molecule has 100 valence electrons. The summed E-state index contributed by atoms with van der Waals surface area (Å²) in [5, 5.41) is 10.1. The lowest BCUT2D eigenvalue weighted by Crippen LogP contribution is -2.37. The molecular formula is C14H15NO3S. The molecule has 1 aromatic carbocycles. The Hall–Kier alpha value is -1.75. The van der Waals surface area contributed by atoms with Crippen molar-refractivity contribution < 1.29 is 14.1 Å². The van der Waals surface area contributed by atoms with Gasteiger partial charge in [-0.05, 0) is 26.0 Å². The predicted octanol–water partition coefficient (Wildman–Crippen LogP) is 2.35. The molecule has 0 aliphatic carbocycles. The third kappa shape index (κ3) is 2.81. The van der Waals surface area contributed by atoms with E-state index in [1.165, 1.54) is 13.8 Å². The van der Waals surface area contributed by atoms with E-state index >= 15 is 0 Å². The number of carboxylic acid groups (broad SMARTS) is 1. The van der Waals surface area contributed by atoms with E-state index in [2.05, 4.69) is 4.98 Å². The number of rotatable bonds is 4. The summed E-state index contributed by atoms with van der Waals surface area (Å²) in [6.45, 7) is 2.93. The van der Waals surface area contributed by atoms with Crippen molar-refractivity contribution in [2.45, 2.75) is 24.3 Å². The number of fused-ring (bicyclic) bond motifs is 1. The average molecular weight is 277 g/mol. The van der Waals surface area contributed by atoms with Crippen LogP contribution in [-0.4, -0.2) is 25.0 Å². The van der Waals surface area contributed by atoms with Crippen molar-refractivity contribution in [2.24, 2.45) is 0 Å². The molecule has 0 saturated carbocycles. The number of para-hydroxylation sites is 1. The third-order valence-corrected chi connectivity index (χ3v) is 4.89. The molecule has 2 rings (SSSR count). The minimum atomic E-state index is -1.52. The van der Waals surface area contributed by atoms with Crippen molar-refractivity contribution in [3.8, 4) is 0 Å². The third-order valence-electron chi connectivity index (χ3n) is 3.02. The summed E-state index contributed by atoms with van der Waals surface area (Å²) in [6, 6.07) is 11.3. The highest BCUT2D eigenvalue weighted by Gasteiger charge is 2.34. The topological polar surface area (TPSA) is 67.3 Å². The van der Waals surface area contributed by atoms with Crippen LogP contribution < -0.4 is 0 Å². The number of hydrogen-bond donors (Lipinski definition) is 1. The molecule has 5 heteroatoms. The zero-order chi connectivity index (χ0) is 14.0. The Bertz CT molecular complexity index is 652. The van der Waals surface area contributed by atoms with Gasteiger partial charge < -0.3 is 5.11 Å². The molecule has 0 fully saturated rings. The van der Waals surface area contributed by atoms with E-state index in [0.29, 0.717) is 5.69 Å². The van der Waals surface area contributed by atoms with E-state index in [-0.39, 0.29) is 5.75 Å². The normalized spacial score (nSPS) is 13.4. The first-order chi connectivity index (χ1) is 8.91. The van der Waals surface area contributed by atoms with Crippen molar-refractivity contribution >= 4 is 27.7 Å². The van der Waals surface area contributed by atoms with Gasteiger partial charge in [0.1, 0.15) is 4.75 Å². The van der Waals surface area contributed by atoms with Crippen molar-refractivity contribution in [3.63, 3.8) is 0 Å². The Morgan fingerprint density at radius 2 is 1.95 bits per heavy atom. The summed E-state index contributed by atoms with van der Waals surface area (Å²) in [5.41, 5.74) is 1.47. The van der Waals surface area contributed by atoms with Crippen LogP contribution in [0, 0.1) is 0 Å². The minimum absolute atomic E-state index is 0.143. The van der Waals surface area contributed by atoms with Gasteiger partial charge in [-0.15, -0.1) is 0 Å². The summed E-state index contributed by atoms with van der Waals surface area (Å²) in [5.74, 6) is -0.920. The van der Waals surface area contributed by atoms with Gasteiger partial charge in [0.25, 0.3) is 0 Å². The number of aromatic nitrogens is 1. The number of nitrogens with zero attached hydrogens (tertiary/aromatic N) is 1. The molecule has 1 N–H and O–H groups in total. The highest BCUT2D eigenvalue weighted by atomic mass is 32.2. The van der Waals surface area contributed by atoms with Crippen molar-refractivity contribution in [1.82, 2.24) is 4.98 Å². The molecule has 1 heterocycles. The van der Waals surface area contributed by atoms with Crippen LogP contribution in [0.4, 0.5) is 0 Å². The molecule has 19 heavy (non-hydrogen) atoms. The number of carbonyl (C=O) groups is 1. The van der Waals surface area contributed by atoms with E-state index in [4.69, 9.17) is 5.11 Å². The molecule has 1 unspecified atom stereocenters. The summed E-state index contributed by atoms with van der Waals surface area (Å²) >= 11 is 0. The Morgan fingerprint density at radius 1 is 1.26 bits per heavy atom. The smallest absolute Gasteiger partial charge is 0.321 e. The lowest BCUT2D eigenvalue weighted by atomic mass is 10.2. The van der Waals surface area contributed by atoms with Crippen molar-refractivity contribution in [3.05, 3.63) is 42.1 Å². The van der Waals surface area contributed by atoms with E-state index in [0.717, 1.165) is 10.9 Å². The Labute approximate surface area is 113 Å². The molecule has 0 aliphatic heterocycles. The van der Waals surface area contributed by atoms with Crippen LogP contribution >= 0.6 is 0 Å². The van der Waals surface area contributed by atoms with Gasteiger partial charge in [0.15, 0.2) is 0 Å². The molecule has 0 bridgehead atoms. The molecule has 0 saturated heterocycles. The molecule has 0 spiro atoms.